The van der Waals surface area contributed by atoms with Crippen molar-refractivity contribution in [3.8, 4) is 5.75 Å². The predicted molar refractivity (Wildman–Crippen MR) is 107 cm³/mol. The van der Waals surface area contributed by atoms with E-state index in [4.69, 9.17) is 4.74 Å². The molecule has 3 N–H and O–H groups in total. The Morgan fingerprint density at radius 2 is 1.86 bits per heavy atom. The number of carbonyl (C=O) groups excluding carboxylic acids is 2. The smallest absolute Gasteiger partial charge is 0.326 e. The fourth-order valence-electron chi connectivity index (χ4n) is 3.53. The molecule has 8 heteroatoms. The van der Waals surface area contributed by atoms with Crippen LogP contribution in [0.2, 0.25) is 0 Å². The first-order valence-corrected chi connectivity index (χ1v) is 9.27. The van der Waals surface area contributed by atoms with E-state index in [1.165, 1.54) is 12.0 Å². The van der Waals surface area contributed by atoms with E-state index in [1.54, 1.807) is 24.3 Å². The largest absolute Gasteiger partial charge is 0.497 e. The SMILES string of the molecule is COc1cccc(NC(=O)NCC(=O)N2C(C(=O)O)CCC2c2ccccc2)c1. The average molecular weight is 397 g/mol. The molecule has 2 atom stereocenters. The molecule has 2 aromatic rings. The summed E-state index contributed by atoms with van der Waals surface area (Å²) < 4.78 is 5.10. The summed E-state index contributed by atoms with van der Waals surface area (Å²) >= 11 is 0. The molecular formula is C21H23N3O5. The van der Waals surface area contributed by atoms with Crippen molar-refractivity contribution < 1.29 is 24.2 Å². The van der Waals surface area contributed by atoms with E-state index in [-0.39, 0.29) is 12.6 Å². The Hall–Kier alpha value is -3.55. The molecule has 0 radical (unpaired) electrons. The number of nitrogens with one attached hydrogen (secondary N) is 2. The summed E-state index contributed by atoms with van der Waals surface area (Å²) in [4.78, 5) is 37.9. The number of methoxy groups -OCH3 is 1. The lowest BCUT2D eigenvalue weighted by molar-refractivity contribution is -0.149. The van der Waals surface area contributed by atoms with E-state index in [2.05, 4.69) is 10.6 Å². The first-order chi connectivity index (χ1) is 14.0. The lowest BCUT2D eigenvalue weighted by atomic mass is 10.0. The minimum Gasteiger partial charge on any atom is -0.497 e. The lowest BCUT2D eigenvalue weighted by Crippen LogP contribution is -2.47. The summed E-state index contributed by atoms with van der Waals surface area (Å²) in [5.41, 5.74) is 1.39. The maximum Gasteiger partial charge on any atom is 0.326 e. The molecule has 0 spiro atoms. The van der Waals surface area contributed by atoms with Crippen LogP contribution in [0.4, 0.5) is 10.5 Å². The molecule has 0 bridgehead atoms. The Morgan fingerprint density at radius 1 is 1.10 bits per heavy atom. The average Bonchev–Trinajstić information content (AvgIpc) is 3.18. The van der Waals surface area contributed by atoms with Crippen molar-refractivity contribution in [2.75, 3.05) is 19.0 Å². The number of anilines is 1. The number of rotatable bonds is 6. The highest BCUT2D eigenvalue weighted by atomic mass is 16.5. The van der Waals surface area contributed by atoms with Crippen molar-refractivity contribution in [1.29, 1.82) is 0 Å². The van der Waals surface area contributed by atoms with Crippen molar-refractivity contribution in [3.63, 3.8) is 0 Å². The first-order valence-electron chi connectivity index (χ1n) is 9.27. The van der Waals surface area contributed by atoms with Crippen LogP contribution in [-0.2, 0) is 9.59 Å². The number of nitrogens with zero attached hydrogens (tertiary/aromatic N) is 1. The van der Waals surface area contributed by atoms with Gasteiger partial charge in [-0.05, 0) is 30.5 Å². The van der Waals surface area contributed by atoms with Crippen molar-refractivity contribution >= 4 is 23.6 Å². The normalized spacial score (nSPS) is 18.2. The number of hydrogen-bond donors (Lipinski definition) is 3. The van der Waals surface area contributed by atoms with Crippen LogP contribution >= 0.6 is 0 Å². The molecule has 0 saturated carbocycles. The molecule has 2 unspecified atom stereocenters. The third kappa shape index (κ3) is 4.84. The number of aliphatic carboxylic acids is 1. The lowest BCUT2D eigenvalue weighted by Gasteiger charge is -2.28. The summed E-state index contributed by atoms with van der Waals surface area (Å²) in [5, 5.41) is 14.6. The van der Waals surface area contributed by atoms with Gasteiger partial charge in [-0.1, -0.05) is 36.4 Å². The number of carboxylic acid groups (broad SMARTS) is 1. The molecule has 2 aromatic carbocycles. The molecule has 8 nitrogen and oxygen atoms in total. The van der Waals surface area contributed by atoms with Crippen LogP contribution < -0.4 is 15.4 Å². The van der Waals surface area contributed by atoms with Crippen LogP contribution in [0.25, 0.3) is 0 Å². The molecule has 152 valence electrons. The number of hydrogen-bond acceptors (Lipinski definition) is 4. The highest BCUT2D eigenvalue weighted by Crippen LogP contribution is 2.36. The van der Waals surface area contributed by atoms with Gasteiger partial charge in [0.25, 0.3) is 0 Å². The maximum atomic E-state index is 12.8. The third-order valence-corrected chi connectivity index (χ3v) is 4.87. The molecule has 1 aliphatic rings. The van der Waals surface area contributed by atoms with Gasteiger partial charge >= 0.3 is 12.0 Å². The van der Waals surface area contributed by atoms with E-state index >= 15 is 0 Å². The van der Waals surface area contributed by atoms with Gasteiger partial charge in [0, 0.05) is 11.8 Å². The van der Waals surface area contributed by atoms with Crippen LogP contribution in [0.1, 0.15) is 24.4 Å². The third-order valence-electron chi connectivity index (χ3n) is 4.87. The molecule has 1 heterocycles. The molecular weight excluding hydrogens is 374 g/mol. The topological polar surface area (TPSA) is 108 Å². The fourth-order valence-corrected chi connectivity index (χ4v) is 3.53. The Kier molecular flexibility index (Phi) is 6.33. The van der Waals surface area contributed by atoms with Crippen LogP contribution in [0, 0.1) is 0 Å². The van der Waals surface area contributed by atoms with Gasteiger partial charge in [0.05, 0.1) is 19.7 Å². The molecule has 0 aromatic heterocycles. The van der Waals surface area contributed by atoms with E-state index in [0.29, 0.717) is 24.3 Å². The van der Waals surface area contributed by atoms with Gasteiger partial charge in [0.1, 0.15) is 11.8 Å². The Labute approximate surface area is 168 Å². The van der Waals surface area contributed by atoms with E-state index < -0.39 is 23.9 Å². The molecule has 29 heavy (non-hydrogen) atoms. The number of carboxylic acids is 1. The summed E-state index contributed by atoms with van der Waals surface area (Å²) in [6.07, 6.45) is 0.930. The van der Waals surface area contributed by atoms with Crippen molar-refractivity contribution in [3.05, 3.63) is 60.2 Å². The van der Waals surface area contributed by atoms with Crippen molar-refractivity contribution in [2.45, 2.75) is 24.9 Å². The highest BCUT2D eigenvalue weighted by Gasteiger charge is 2.41. The molecule has 3 rings (SSSR count). The molecule has 3 amide bonds. The minimum atomic E-state index is -1.04. The fraction of sp³-hybridized carbons (Fsp3) is 0.286. The molecule has 0 aliphatic carbocycles. The minimum absolute atomic E-state index is 0.303. The van der Waals surface area contributed by atoms with E-state index in [1.807, 2.05) is 30.3 Å². The zero-order valence-corrected chi connectivity index (χ0v) is 16.0. The molecule has 1 saturated heterocycles. The number of urea groups is 1. The second-order valence-corrected chi connectivity index (χ2v) is 6.70. The number of likely N-dealkylation sites (tertiary alicyclic amines) is 1. The molecule has 1 fully saturated rings. The zero-order valence-electron chi connectivity index (χ0n) is 16.0. The van der Waals surface area contributed by atoms with Crippen molar-refractivity contribution in [2.24, 2.45) is 0 Å². The van der Waals surface area contributed by atoms with Gasteiger partial charge in [-0.25, -0.2) is 9.59 Å². The van der Waals surface area contributed by atoms with Gasteiger partial charge in [0.2, 0.25) is 5.91 Å². The zero-order chi connectivity index (χ0) is 20.8. The van der Waals surface area contributed by atoms with E-state index in [9.17, 15) is 19.5 Å². The van der Waals surface area contributed by atoms with Crippen LogP contribution in [-0.4, -0.2) is 47.6 Å². The summed E-state index contributed by atoms with van der Waals surface area (Å²) in [7, 11) is 1.52. The number of ether oxygens (including phenoxy) is 1. The van der Waals surface area contributed by atoms with Crippen molar-refractivity contribution in [1.82, 2.24) is 10.2 Å². The summed E-state index contributed by atoms with van der Waals surface area (Å²) in [5.74, 6) is -0.895. The Morgan fingerprint density at radius 3 is 2.55 bits per heavy atom. The van der Waals surface area contributed by atoms with Gasteiger partial charge < -0.3 is 25.4 Å². The van der Waals surface area contributed by atoms with Gasteiger partial charge in [-0.3, -0.25) is 4.79 Å². The Balaban J connectivity index is 1.65. The second kappa shape index (κ2) is 9.09. The first kappa shape index (κ1) is 20.2. The standard InChI is InChI=1S/C21H23N3O5/c1-29-16-9-5-8-15(12-16)23-21(28)22-13-19(25)24-17(10-11-18(24)20(26)27)14-6-3-2-4-7-14/h2-9,12,17-18H,10-11,13H2,1H3,(H,26,27)(H2,22,23,28). The number of carbonyl (C=O) groups is 3. The van der Waals surface area contributed by atoms with Gasteiger partial charge in [-0.15, -0.1) is 0 Å². The quantitative estimate of drug-likeness (QED) is 0.694. The van der Waals surface area contributed by atoms with E-state index in [0.717, 1.165) is 5.56 Å². The maximum absolute atomic E-state index is 12.8. The molecule has 1 aliphatic heterocycles. The number of benzene rings is 2. The summed E-state index contributed by atoms with van der Waals surface area (Å²) in [6, 6.07) is 14.3. The highest BCUT2D eigenvalue weighted by molar-refractivity contribution is 5.93. The van der Waals surface area contributed by atoms with Crippen LogP contribution in [0.3, 0.4) is 0 Å². The predicted octanol–water partition coefficient (Wildman–Crippen LogP) is 2.63. The van der Waals surface area contributed by atoms with Crippen LogP contribution in [0.5, 0.6) is 5.75 Å². The summed E-state index contributed by atoms with van der Waals surface area (Å²) in [6.45, 7) is -0.303. The second-order valence-electron chi connectivity index (χ2n) is 6.70. The van der Waals surface area contributed by atoms with Gasteiger partial charge in [-0.2, -0.15) is 0 Å². The van der Waals surface area contributed by atoms with Gasteiger partial charge in [0.15, 0.2) is 0 Å². The number of amides is 3. The van der Waals surface area contributed by atoms with Crippen LogP contribution in [0.15, 0.2) is 54.6 Å². The Bertz CT molecular complexity index is 887. The monoisotopic (exact) mass is 397 g/mol.